The van der Waals surface area contributed by atoms with Gasteiger partial charge in [0.2, 0.25) is 0 Å². The quantitative estimate of drug-likeness (QED) is 0.609. The van der Waals surface area contributed by atoms with Gasteiger partial charge >= 0.3 is 0 Å². The minimum Gasteiger partial charge on any atom is -0.300 e. The summed E-state index contributed by atoms with van der Waals surface area (Å²) >= 11 is 1.63. The van der Waals surface area contributed by atoms with E-state index in [0.29, 0.717) is 5.54 Å². The van der Waals surface area contributed by atoms with Gasteiger partial charge in [-0.25, -0.2) is 10.8 Å². The van der Waals surface area contributed by atoms with Crippen LogP contribution in [0.2, 0.25) is 0 Å². The van der Waals surface area contributed by atoms with Crippen molar-refractivity contribution in [1.29, 1.82) is 0 Å². The summed E-state index contributed by atoms with van der Waals surface area (Å²) in [6, 6.07) is 0. The number of nitrogen functional groups attached to an aromatic ring is 1. The van der Waals surface area contributed by atoms with Crippen molar-refractivity contribution >= 4 is 16.5 Å². The number of hydrazine groups is 1. The number of nitrogens with one attached hydrogen (secondary N) is 1. The van der Waals surface area contributed by atoms with E-state index in [1.54, 1.807) is 11.3 Å². The Labute approximate surface area is 94.5 Å². The molecule has 1 aromatic heterocycles. The fourth-order valence-corrected chi connectivity index (χ4v) is 2.83. The molecule has 0 aliphatic carbocycles. The Hall–Kier alpha value is -0.650. The third kappa shape index (κ3) is 2.30. The molecular weight excluding hydrogens is 208 g/mol. The van der Waals surface area contributed by atoms with Gasteiger partial charge in [0.05, 0.1) is 0 Å². The maximum Gasteiger partial charge on any atom is 0.197 e. The molecule has 1 aliphatic heterocycles. The summed E-state index contributed by atoms with van der Waals surface area (Å²) in [5.41, 5.74) is 2.92. The standard InChI is InChI=1S/C10H18N4S/c1-10(2)4-3-5-14(10)7-8-6-12-9(13-11)15-8/h6H,3-5,7,11H2,1-2H3,(H,12,13). The Kier molecular flexibility index (Phi) is 2.95. The zero-order chi connectivity index (χ0) is 10.9. The first-order chi connectivity index (χ1) is 7.12. The van der Waals surface area contributed by atoms with E-state index < -0.39 is 0 Å². The van der Waals surface area contributed by atoms with E-state index in [1.165, 1.54) is 24.3 Å². The van der Waals surface area contributed by atoms with E-state index in [9.17, 15) is 0 Å². The number of likely N-dealkylation sites (tertiary alicyclic amines) is 1. The van der Waals surface area contributed by atoms with Gasteiger partial charge in [-0.05, 0) is 33.2 Å². The van der Waals surface area contributed by atoms with Crippen LogP contribution in [-0.4, -0.2) is 22.0 Å². The predicted octanol–water partition coefficient (Wildman–Crippen LogP) is 1.80. The fraction of sp³-hybridized carbons (Fsp3) is 0.700. The van der Waals surface area contributed by atoms with E-state index in [4.69, 9.17) is 5.84 Å². The second-order valence-corrected chi connectivity index (χ2v) is 5.73. The average Bonchev–Trinajstić information content (AvgIpc) is 2.75. The van der Waals surface area contributed by atoms with Crippen molar-refractivity contribution in [2.75, 3.05) is 12.0 Å². The van der Waals surface area contributed by atoms with Gasteiger partial charge in [0, 0.05) is 23.2 Å². The Balaban J connectivity index is 2.02. The topological polar surface area (TPSA) is 54.2 Å². The number of thiazole rings is 1. The van der Waals surface area contributed by atoms with Crippen LogP contribution in [0.5, 0.6) is 0 Å². The van der Waals surface area contributed by atoms with Gasteiger partial charge in [-0.2, -0.15) is 0 Å². The maximum absolute atomic E-state index is 5.31. The van der Waals surface area contributed by atoms with Crippen LogP contribution in [-0.2, 0) is 6.54 Å². The molecule has 0 aromatic carbocycles. The Bertz CT molecular complexity index is 334. The van der Waals surface area contributed by atoms with Crippen LogP contribution < -0.4 is 11.3 Å². The number of nitrogens with two attached hydrogens (primary N) is 1. The zero-order valence-electron chi connectivity index (χ0n) is 9.29. The molecular formula is C10H18N4S. The van der Waals surface area contributed by atoms with Crippen molar-refractivity contribution in [1.82, 2.24) is 9.88 Å². The second-order valence-electron chi connectivity index (χ2n) is 4.61. The van der Waals surface area contributed by atoms with Crippen molar-refractivity contribution in [3.05, 3.63) is 11.1 Å². The number of anilines is 1. The lowest BCUT2D eigenvalue weighted by Crippen LogP contribution is -2.37. The van der Waals surface area contributed by atoms with E-state index in [-0.39, 0.29) is 0 Å². The molecule has 1 aliphatic rings. The number of aromatic nitrogens is 1. The summed E-state index contributed by atoms with van der Waals surface area (Å²) in [6.07, 6.45) is 4.50. The van der Waals surface area contributed by atoms with Gasteiger partial charge in [-0.1, -0.05) is 11.3 Å². The largest absolute Gasteiger partial charge is 0.300 e. The molecule has 2 heterocycles. The van der Waals surface area contributed by atoms with E-state index in [2.05, 4.69) is 29.2 Å². The van der Waals surface area contributed by atoms with Crippen LogP contribution in [0, 0.1) is 0 Å². The molecule has 3 N–H and O–H groups in total. The molecule has 0 unspecified atom stereocenters. The Morgan fingerprint density at radius 2 is 2.47 bits per heavy atom. The molecule has 0 amide bonds. The number of hydrogen-bond acceptors (Lipinski definition) is 5. The minimum absolute atomic E-state index is 0.334. The normalized spacial score (nSPS) is 20.7. The summed E-state index contributed by atoms with van der Waals surface area (Å²) in [5, 5.41) is 0.794. The molecule has 1 saturated heterocycles. The molecule has 1 fully saturated rings. The molecule has 0 radical (unpaired) electrons. The molecule has 15 heavy (non-hydrogen) atoms. The number of nitrogens with zero attached hydrogens (tertiary/aromatic N) is 2. The lowest BCUT2D eigenvalue weighted by atomic mass is 10.0. The van der Waals surface area contributed by atoms with E-state index in [1.807, 2.05) is 6.20 Å². The monoisotopic (exact) mass is 226 g/mol. The van der Waals surface area contributed by atoms with Crippen molar-refractivity contribution in [2.45, 2.75) is 38.8 Å². The van der Waals surface area contributed by atoms with Crippen LogP contribution in [0.25, 0.3) is 0 Å². The van der Waals surface area contributed by atoms with E-state index >= 15 is 0 Å². The lowest BCUT2D eigenvalue weighted by Gasteiger charge is -2.30. The molecule has 4 nitrogen and oxygen atoms in total. The molecule has 84 valence electrons. The number of rotatable bonds is 3. The van der Waals surface area contributed by atoms with Crippen LogP contribution in [0.1, 0.15) is 31.6 Å². The summed E-state index contributed by atoms with van der Waals surface area (Å²) in [4.78, 5) is 7.97. The van der Waals surface area contributed by atoms with E-state index in [0.717, 1.165) is 11.7 Å². The summed E-state index contributed by atoms with van der Waals surface area (Å²) in [6.45, 7) is 6.80. The first-order valence-corrected chi connectivity index (χ1v) is 6.10. The lowest BCUT2D eigenvalue weighted by molar-refractivity contribution is 0.168. The molecule has 0 atom stereocenters. The van der Waals surface area contributed by atoms with Crippen LogP contribution in [0.3, 0.4) is 0 Å². The molecule has 1 aromatic rings. The highest BCUT2D eigenvalue weighted by Crippen LogP contribution is 2.31. The van der Waals surface area contributed by atoms with Gasteiger partial charge in [0.1, 0.15) is 0 Å². The average molecular weight is 226 g/mol. The Morgan fingerprint density at radius 1 is 1.67 bits per heavy atom. The molecule has 0 saturated carbocycles. The fourth-order valence-electron chi connectivity index (χ4n) is 2.09. The SMILES string of the molecule is CC1(C)CCCN1Cc1cnc(NN)s1. The van der Waals surface area contributed by atoms with Crippen LogP contribution in [0.4, 0.5) is 5.13 Å². The molecule has 0 spiro atoms. The third-order valence-electron chi connectivity index (χ3n) is 3.10. The van der Waals surface area contributed by atoms with Gasteiger partial charge in [-0.15, -0.1) is 0 Å². The molecule has 0 bridgehead atoms. The van der Waals surface area contributed by atoms with Crippen molar-refractivity contribution < 1.29 is 0 Å². The maximum atomic E-state index is 5.31. The first kappa shape index (κ1) is 10.9. The zero-order valence-corrected chi connectivity index (χ0v) is 10.1. The second kappa shape index (κ2) is 4.08. The summed E-state index contributed by atoms with van der Waals surface area (Å²) < 4.78 is 0. The highest BCUT2D eigenvalue weighted by Gasteiger charge is 2.31. The predicted molar refractivity (Wildman–Crippen MR) is 63.6 cm³/mol. The molecule has 2 rings (SSSR count). The first-order valence-electron chi connectivity index (χ1n) is 5.28. The van der Waals surface area contributed by atoms with Gasteiger partial charge in [0.25, 0.3) is 0 Å². The highest BCUT2D eigenvalue weighted by atomic mass is 32.1. The smallest absolute Gasteiger partial charge is 0.197 e. The molecule has 5 heteroatoms. The summed E-state index contributed by atoms with van der Waals surface area (Å²) in [5.74, 6) is 5.31. The summed E-state index contributed by atoms with van der Waals surface area (Å²) in [7, 11) is 0. The van der Waals surface area contributed by atoms with Gasteiger partial charge < -0.3 is 0 Å². The van der Waals surface area contributed by atoms with Gasteiger partial charge in [0.15, 0.2) is 5.13 Å². The highest BCUT2D eigenvalue weighted by molar-refractivity contribution is 7.15. The van der Waals surface area contributed by atoms with Crippen molar-refractivity contribution in [2.24, 2.45) is 5.84 Å². The van der Waals surface area contributed by atoms with Crippen LogP contribution >= 0.6 is 11.3 Å². The van der Waals surface area contributed by atoms with Crippen molar-refractivity contribution in [3.8, 4) is 0 Å². The van der Waals surface area contributed by atoms with Gasteiger partial charge in [-0.3, -0.25) is 10.3 Å². The van der Waals surface area contributed by atoms with Crippen molar-refractivity contribution in [3.63, 3.8) is 0 Å². The third-order valence-corrected chi connectivity index (χ3v) is 4.01. The van der Waals surface area contributed by atoms with Crippen LogP contribution in [0.15, 0.2) is 6.20 Å². The number of hydrogen-bond donors (Lipinski definition) is 2. The Morgan fingerprint density at radius 3 is 3.00 bits per heavy atom. The minimum atomic E-state index is 0.334.